The fourth-order valence-electron chi connectivity index (χ4n) is 3.31. The number of carbonyl (C=O) groups is 1. The van der Waals surface area contributed by atoms with Gasteiger partial charge in [-0.15, -0.1) is 11.3 Å². The third-order valence-electron chi connectivity index (χ3n) is 4.72. The van der Waals surface area contributed by atoms with E-state index in [-0.39, 0.29) is 5.91 Å². The number of amides is 1. The Morgan fingerprint density at radius 1 is 0.926 bits per heavy atom. The van der Waals surface area contributed by atoms with Gasteiger partial charge in [-0.25, -0.2) is 0 Å². The summed E-state index contributed by atoms with van der Waals surface area (Å²) >= 11 is 1.52. The molecule has 3 aromatic rings. The Balaban J connectivity index is 1.39. The summed E-state index contributed by atoms with van der Waals surface area (Å²) in [4.78, 5) is 27.9. The Labute approximate surface area is 163 Å². The predicted molar refractivity (Wildman–Crippen MR) is 108 cm³/mol. The van der Waals surface area contributed by atoms with Crippen LogP contribution in [0, 0.1) is 0 Å². The zero-order valence-electron chi connectivity index (χ0n) is 15.1. The van der Waals surface area contributed by atoms with Gasteiger partial charge in [0, 0.05) is 45.1 Å². The van der Waals surface area contributed by atoms with Crippen molar-refractivity contribution in [3.63, 3.8) is 0 Å². The summed E-state index contributed by atoms with van der Waals surface area (Å²) in [5, 5.41) is 0. The maximum atomic E-state index is 12.9. The van der Waals surface area contributed by atoms with E-state index < -0.39 is 0 Å². The molecule has 1 aliphatic rings. The summed E-state index contributed by atoms with van der Waals surface area (Å²) in [7, 11) is 0. The SMILES string of the molecule is O=C(c1ccc(-c2ccccn2)s1)N1CCCN(Cc2ccccn2)CC1. The van der Waals surface area contributed by atoms with Crippen LogP contribution in [0.4, 0.5) is 0 Å². The maximum absolute atomic E-state index is 12.9. The molecule has 1 amide bonds. The molecule has 0 spiro atoms. The van der Waals surface area contributed by atoms with Gasteiger partial charge in [0.1, 0.15) is 0 Å². The number of thiophene rings is 1. The molecule has 27 heavy (non-hydrogen) atoms. The van der Waals surface area contributed by atoms with Gasteiger partial charge < -0.3 is 4.90 Å². The first-order chi connectivity index (χ1) is 13.3. The minimum atomic E-state index is 0.127. The maximum Gasteiger partial charge on any atom is 0.263 e. The molecular formula is C21H22N4OS. The molecule has 0 N–H and O–H groups in total. The van der Waals surface area contributed by atoms with E-state index in [0.717, 1.165) is 60.3 Å². The van der Waals surface area contributed by atoms with E-state index in [0.29, 0.717) is 0 Å². The number of carbonyl (C=O) groups excluding carboxylic acids is 1. The Kier molecular flexibility index (Phi) is 5.55. The second kappa shape index (κ2) is 8.41. The third kappa shape index (κ3) is 4.40. The zero-order chi connectivity index (χ0) is 18.5. The molecule has 0 radical (unpaired) electrons. The molecule has 4 heterocycles. The number of rotatable bonds is 4. The van der Waals surface area contributed by atoms with E-state index in [2.05, 4.69) is 20.9 Å². The lowest BCUT2D eigenvalue weighted by Crippen LogP contribution is -2.34. The normalized spacial score (nSPS) is 15.5. The first-order valence-corrected chi connectivity index (χ1v) is 10.0. The highest BCUT2D eigenvalue weighted by Gasteiger charge is 2.22. The van der Waals surface area contributed by atoms with E-state index in [1.165, 1.54) is 11.3 Å². The summed E-state index contributed by atoms with van der Waals surface area (Å²) < 4.78 is 0. The highest BCUT2D eigenvalue weighted by Crippen LogP contribution is 2.27. The van der Waals surface area contributed by atoms with Crippen LogP contribution in [0.15, 0.2) is 60.9 Å². The molecule has 0 aromatic carbocycles. The molecule has 138 valence electrons. The Hall–Kier alpha value is -2.57. The lowest BCUT2D eigenvalue weighted by Gasteiger charge is -2.21. The number of hydrogen-bond acceptors (Lipinski definition) is 5. The predicted octanol–water partition coefficient (Wildman–Crippen LogP) is 3.55. The van der Waals surface area contributed by atoms with Crippen LogP contribution in [-0.2, 0) is 6.54 Å². The van der Waals surface area contributed by atoms with Crippen molar-refractivity contribution in [3.8, 4) is 10.6 Å². The van der Waals surface area contributed by atoms with Gasteiger partial charge in [0.25, 0.3) is 5.91 Å². The summed E-state index contributed by atoms with van der Waals surface area (Å²) in [5.74, 6) is 0.127. The molecular weight excluding hydrogens is 356 g/mol. The van der Waals surface area contributed by atoms with Gasteiger partial charge in [-0.05, 0) is 42.8 Å². The van der Waals surface area contributed by atoms with Crippen LogP contribution in [0.1, 0.15) is 21.8 Å². The Morgan fingerprint density at radius 3 is 2.56 bits per heavy atom. The smallest absolute Gasteiger partial charge is 0.263 e. The molecule has 4 rings (SSSR count). The average Bonchev–Trinajstić information content (AvgIpc) is 3.10. The van der Waals surface area contributed by atoms with Gasteiger partial charge in [0.15, 0.2) is 0 Å². The molecule has 1 fully saturated rings. The second-order valence-electron chi connectivity index (χ2n) is 6.62. The van der Waals surface area contributed by atoms with Crippen molar-refractivity contribution in [1.29, 1.82) is 0 Å². The summed E-state index contributed by atoms with van der Waals surface area (Å²) in [5.41, 5.74) is 1.99. The minimum Gasteiger partial charge on any atom is -0.337 e. The molecule has 5 nitrogen and oxygen atoms in total. The molecule has 0 saturated carbocycles. The minimum absolute atomic E-state index is 0.127. The van der Waals surface area contributed by atoms with Crippen LogP contribution >= 0.6 is 11.3 Å². The number of hydrogen-bond donors (Lipinski definition) is 0. The highest BCUT2D eigenvalue weighted by molar-refractivity contribution is 7.17. The van der Waals surface area contributed by atoms with Crippen LogP contribution in [0.5, 0.6) is 0 Å². The van der Waals surface area contributed by atoms with Gasteiger partial charge in [-0.2, -0.15) is 0 Å². The monoisotopic (exact) mass is 378 g/mol. The quantitative estimate of drug-likeness (QED) is 0.697. The highest BCUT2D eigenvalue weighted by atomic mass is 32.1. The standard InChI is InChI=1S/C21H22N4OS/c26-21(20-9-8-19(27-20)18-7-2-4-11-23-18)25-13-5-12-24(14-15-25)16-17-6-1-3-10-22-17/h1-4,6-11H,5,12-16H2. The molecule has 1 saturated heterocycles. The molecule has 6 heteroatoms. The first kappa shape index (κ1) is 17.8. The van der Waals surface area contributed by atoms with E-state index in [1.807, 2.05) is 53.6 Å². The number of aromatic nitrogens is 2. The number of pyridine rings is 2. The largest absolute Gasteiger partial charge is 0.337 e. The zero-order valence-corrected chi connectivity index (χ0v) is 15.9. The lowest BCUT2D eigenvalue weighted by molar-refractivity contribution is 0.0766. The van der Waals surface area contributed by atoms with Crippen molar-refractivity contribution in [2.45, 2.75) is 13.0 Å². The van der Waals surface area contributed by atoms with Crippen molar-refractivity contribution in [1.82, 2.24) is 19.8 Å². The summed E-state index contributed by atoms with van der Waals surface area (Å²) in [6.45, 7) is 4.26. The average molecular weight is 379 g/mol. The van der Waals surface area contributed by atoms with Gasteiger partial charge in [-0.3, -0.25) is 19.7 Å². The van der Waals surface area contributed by atoms with Gasteiger partial charge in [0.2, 0.25) is 0 Å². The molecule has 0 bridgehead atoms. The topological polar surface area (TPSA) is 49.3 Å². The van der Waals surface area contributed by atoms with Crippen molar-refractivity contribution in [2.24, 2.45) is 0 Å². The first-order valence-electron chi connectivity index (χ1n) is 9.22. The summed E-state index contributed by atoms with van der Waals surface area (Å²) in [6.07, 6.45) is 4.59. The van der Waals surface area contributed by atoms with Crippen LogP contribution in [-0.4, -0.2) is 51.9 Å². The van der Waals surface area contributed by atoms with E-state index in [4.69, 9.17) is 0 Å². The molecule has 3 aromatic heterocycles. The van der Waals surface area contributed by atoms with E-state index in [9.17, 15) is 4.79 Å². The van der Waals surface area contributed by atoms with E-state index in [1.54, 1.807) is 6.20 Å². The molecule has 1 aliphatic heterocycles. The third-order valence-corrected chi connectivity index (χ3v) is 5.82. The fraction of sp³-hybridized carbons (Fsp3) is 0.286. The Morgan fingerprint density at radius 2 is 1.78 bits per heavy atom. The second-order valence-corrected chi connectivity index (χ2v) is 7.71. The fourth-order valence-corrected chi connectivity index (χ4v) is 4.26. The lowest BCUT2D eigenvalue weighted by atomic mass is 10.3. The van der Waals surface area contributed by atoms with Crippen LogP contribution in [0.2, 0.25) is 0 Å². The Bertz CT molecular complexity index is 881. The van der Waals surface area contributed by atoms with Gasteiger partial charge >= 0.3 is 0 Å². The van der Waals surface area contributed by atoms with Crippen LogP contribution in [0.25, 0.3) is 10.6 Å². The van der Waals surface area contributed by atoms with Crippen LogP contribution in [0.3, 0.4) is 0 Å². The molecule has 0 unspecified atom stereocenters. The van der Waals surface area contributed by atoms with Crippen molar-refractivity contribution >= 4 is 17.2 Å². The van der Waals surface area contributed by atoms with Crippen LogP contribution < -0.4 is 0 Å². The van der Waals surface area contributed by atoms with E-state index >= 15 is 0 Å². The van der Waals surface area contributed by atoms with Crippen molar-refractivity contribution in [3.05, 3.63) is 71.5 Å². The van der Waals surface area contributed by atoms with Gasteiger partial charge in [0.05, 0.1) is 21.1 Å². The number of nitrogens with zero attached hydrogens (tertiary/aromatic N) is 4. The summed E-state index contributed by atoms with van der Waals surface area (Å²) in [6, 6.07) is 15.8. The van der Waals surface area contributed by atoms with Gasteiger partial charge in [-0.1, -0.05) is 12.1 Å². The molecule has 0 aliphatic carbocycles. The molecule has 0 atom stereocenters. The van der Waals surface area contributed by atoms with Crippen molar-refractivity contribution < 1.29 is 4.79 Å². The van der Waals surface area contributed by atoms with Crippen molar-refractivity contribution in [2.75, 3.05) is 26.2 Å².